The van der Waals surface area contributed by atoms with Gasteiger partial charge in [-0.3, -0.25) is 4.68 Å². The molecule has 0 unspecified atom stereocenters. The second-order valence-corrected chi connectivity index (χ2v) is 7.01. The van der Waals surface area contributed by atoms with Gasteiger partial charge in [0, 0.05) is 23.5 Å². The van der Waals surface area contributed by atoms with Crippen LogP contribution in [0.3, 0.4) is 0 Å². The molecule has 0 amide bonds. The highest BCUT2D eigenvalue weighted by Gasteiger charge is 2.16. The summed E-state index contributed by atoms with van der Waals surface area (Å²) in [5.74, 6) is -0.647. The Morgan fingerprint density at radius 3 is 2.14 bits per heavy atom. The maximum atomic E-state index is 11.2. The largest absolute Gasteiger partial charge is 0.478 e. The van der Waals surface area contributed by atoms with Crippen LogP contribution in [0.4, 0.5) is 0 Å². The molecule has 0 saturated heterocycles. The Kier molecular flexibility index (Phi) is 4.94. The summed E-state index contributed by atoms with van der Waals surface area (Å²) in [6.45, 7) is 2.80. The van der Waals surface area contributed by atoms with Crippen LogP contribution in [0.1, 0.15) is 39.5 Å². The number of carboxylic acids is 1. The Morgan fingerprint density at radius 2 is 1.57 bits per heavy atom. The molecule has 140 valence electrons. The van der Waals surface area contributed by atoms with Crippen molar-refractivity contribution < 1.29 is 9.90 Å². The van der Waals surface area contributed by atoms with Crippen molar-refractivity contribution in [2.75, 3.05) is 0 Å². The fourth-order valence-electron chi connectivity index (χ4n) is 3.76. The van der Waals surface area contributed by atoms with Crippen molar-refractivity contribution in [1.29, 1.82) is 0 Å². The van der Waals surface area contributed by atoms with Crippen LogP contribution in [0.15, 0.2) is 78.9 Å². The molecule has 1 N–H and O–H groups in total. The number of aryl methyl sites for hydroxylation is 2. The van der Waals surface area contributed by atoms with Crippen LogP contribution >= 0.6 is 0 Å². The monoisotopic (exact) mass is 370 g/mol. The van der Waals surface area contributed by atoms with E-state index in [0.29, 0.717) is 0 Å². The van der Waals surface area contributed by atoms with E-state index >= 15 is 0 Å². The van der Waals surface area contributed by atoms with E-state index in [0.717, 1.165) is 29.6 Å². The molecule has 4 rings (SSSR count). The van der Waals surface area contributed by atoms with Crippen molar-refractivity contribution in [2.24, 2.45) is 0 Å². The molecule has 0 aliphatic heterocycles. The minimum absolute atomic E-state index is 0.267. The Hall–Kier alpha value is -3.40. The molecule has 0 spiro atoms. The lowest BCUT2D eigenvalue weighted by Crippen LogP contribution is -2.09. The van der Waals surface area contributed by atoms with Gasteiger partial charge < -0.3 is 5.11 Å². The number of nitrogens with zero attached hydrogens (tertiary/aromatic N) is 2. The first-order valence-electron chi connectivity index (χ1n) is 9.44. The Bertz CT molecular complexity index is 1060. The standard InChI is InChI=1S/C24H22N2O2/c1-17-21-13-12-20(24(27)28)16-23(21)25-26(17)15-14-22(18-8-4-2-5-9-18)19-10-6-3-7-11-19/h2-13,16,22H,14-15H2,1H3,(H,27,28). The second-order valence-electron chi connectivity index (χ2n) is 7.01. The summed E-state index contributed by atoms with van der Waals surface area (Å²) in [5.41, 5.74) is 4.64. The molecular formula is C24H22N2O2. The molecule has 0 atom stereocenters. The fourth-order valence-corrected chi connectivity index (χ4v) is 3.76. The molecule has 4 aromatic rings. The third-order valence-corrected chi connectivity index (χ3v) is 5.28. The van der Waals surface area contributed by atoms with E-state index in [9.17, 15) is 9.90 Å². The number of fused-ring (bicyclic) bond motifs is 1. The molecule has 4 nitrogen and oxygen atoms in total. The van der Waals surface area contributed by atoms with Crippen molar-refractivity contribution in [3.8, 4) is 0 Å². The zero-order valence-electron chi connectivity index (χ0n) is 15.7. The van der Waals surface area contributed by atoms with Gasteiger partial charge in [0.15, 0.2) is 0 Å². The van der Waals surface area contributed by atoms with Gasteiger partial charge >= 0.3 is 5.97 Å². The van der Waals surface area contributed by atoms with Crippen LogP contribution in [0.5, 0.6) is 0 Å². The first-order chi connectivity index (χ1) is 13.6. The van der Waals surface area contributed by atoms with Crippen LogP contribution in [-0.4, -0.2) is 20.9 Å². The number of hydrogen-bond acceptors (Lipinski definition) is 2. The molecule has 0 aliphatic carbocycles. The van der Waals surface area contributed by atoms with E-state index in [4.69, 9.17) is 0 Å². The third-order valence-electron chi connectivity index (χ3n) is 5.28. The Balaban J connectivity index is 1.64. The van der Waals surface area contributed by atoms with Crippen LogP contribution in [0.25, 0.3) is 10.9 Å². The number of aromatic carboxylic acids is 1. The molecule has 1 heterocycles. The topological polar surface area (TPSA) is 55.1 Å². The van der Waals surface area contributed by atoms with Crippen molar-refractivity contribution >= 4 is 16.9 Å². The Labute approximate surface area is 164 Å². The summed E-state index contributed by atoms with van der Waals surface area (Å²) in [6, 6.07) is 26.2. The first-order valence-corrected chi connectivity index (χ1v) is 9.44. The minimum Gasteiger partial charge on any atom is -0.478 e. The number of benzene rings is 3. The van der Waals surface area contributed by atoms with Crippen molar-refractivity contribution in [3.05, 3.63) is 101 Å². The van der Waals surface area contributed by atoms with Gasteiger partial charge in [-0.2, -0.15) is 5.10 Å². The molecule has 0 radical (unpaired) electrons. The van der Waals surface area contributed by atoms with Crippen LogP contribution in [0.2, 0.25) is 0 Å². The van der Waals surface area contributed by atoms with Crippen molar-refractivity contribution in [3.63, 3.8) is 0 Å². The quantitative estimate of drug-likeness (QED) is 0.503. The third kappa shape index (κ3) is 3.54. The van der Waals surface area contributed by atoms with Crippen LogP contribution < -0.4 is 0 Å². The summed E-state index contributed by atoms with van der Waals surface area (Å²) in [5, 5.41) is 14.9. The lowest BCUT2D eigenvalue weighted by atomic mass is 9.88. The highest BCUT2D eigenvalue weighted by Crippen LogP contribution is 2.29. The van der Waals surface area contributed by atoms with E-state index < -0.39 is 5.97 Å². The number of rotatable bonds is 6. The average Bonchev–Trinajstić information content (AvgIpc) is 3.05. The smallest absolute Gasteiger partial charge is 0.335 e. The molecule has 3 aromatic carbocycles. The predicted octanol–water partition coefficient (Wildman–Crippen LogP) is 5.27. The van der Waals surface area contributed by atoms with E-state index in [1.165, 1.54) is 11.1 Å². The number of aromatic nitrogens is 2. The first kappa shape index (κ1) is 18.0. The van der Waals surface area contributed by atoms with Gasteiger partial charge in [0.2, 0.25) is 0 Å². The normalized spacial score (nSPS) is 11.2. The molecule has 0 bridgehead atoms. The lowest BCUT2D eigenvalue weighted by Gasteiger charge is -2.18. The number of hydrogen-bond donors (Lipinski definition) is 1. The van der Waals surface area contributed by atoms with E-state index in [-0.39, 0.29) is 11.5 Å². The summed E-state index contributed by atoms with van der Waals surface area (Å²) >= 11 is 0. The van der Waals surface area contributed by atoms with Gasteiger partial charge in [-0.25, -0.2) is 4.79 Å². The van der Waals surface area contributed by atoms with Crippen LogP contribution in [0, 0.1) is 6.92 Å². The van der Waals surface area contributed by atoms with Gasteiger partial charge in [-0.1, -0.05) is 66.7 Å². The minimum atomic E-state index is -0.928. The van der Waals surface area contributed by atoms with Crippen molar-refractivity contribution in [1.82, 2.24) is 9.78 Å². The summed E-state index contributed by atoms with van der Waals surface area (Å²) < 4.78 is 2.00. The van der Waals surface area contributed by atoms with Gasteiger partial charge in [0.1, 0.15) is 0 Å². The fraction of sp³-hybridized carbons (Fsp3) is 0.167. The summed E-state index contributed by atoms with van der Waals surface area (Å²) in [6.07, 6.45) is 0.911. The molecular weight excluding hydrogens is 348 g/mol. The molecule has 1 aromatic heterocycles. The zero-order valence-corrected chi connectivity index (χ0v) is 15.7. The highest BCUT2D eigenvalue weighted by molar-refractivity contribution is 5.93. The van der Waals surface area contributed by atoms with Gasteiger partial charge in [0.25, 0.3) is 0 Å². The lowest BCUT2D eigenvalue weighted by molar-refractivity contribution is 0.0697. The second kappa shape index (κ2) is 7.69. The van der Waals surface area contributed by atoms with Gasteiger partial charge in [-0.15, -0.1) is 0 Å². The van der Waals surface area contributed by atoms with Crippen molar-refractivity contribution in [2.45, 2.75) is 25.8 Å². The maximum absolute atomic E-state index is 11.2. The number of carbonyl (C=O) groups is 1. The average molecular weight is 370 g/mol. The summed E-state index contributed by atoms with van der Waals surface area (Å²) in [7, 11) is 0. The highest BCUT2D eigenvalue weighted by atomic mass is 16.4. The number of carboxylic acid groups (broad SMARTS) is 1. The van der Waals surface area contributed by atoms with Gasteiger partial charge in [-0.05, 0) is 36.6 Å². The molecule has 0 fully saturated rings. The predicted molar refractivity (Wildman–Crippen MR) is 111 cm³/mol. The zero-order chi connectivity index (χ0) is 19.5. The Morgan fingerprint density at radius 1 is 0.964 bits per heavy atom. The molecule has 4 heteroatoms. The molecule has 28 heavy (non-hydrogen) atoms. The SMILES string of the molecule is Cc1c2ccc(C(=O)O)cc2nn1CCC(c1ccccc1)c1ccccc1. The van der Waals surface area contributed by atoms with Gasteiger partial charge in [0.05, 0.1) is 11.1 Å². The van der Waals surface area contributed by atoms with E-state index in [2.05, 4.69) is 53.6 Å². The van der Waals surface area contributed by atoms with Crippen LogP contribution in [-0.2, 0) is 6.54 Å². The summed E-state index contributed by atoms with van der Waals surface area (Å²) in [4.78, 5) is 11.2. The molecule has 0 saturated carbocycles. The van der Waals surface area contributed by atoms with E-state index in [1.54, 1.807) is 12.1 Å². The van der Waals surface area contributed by atoms with E-state index in [1.807, 2.05) is 29.8 Å². The maximum Gasteiger partial charge on any atom is 0.335 e. The molecule has 0 aliphatic rings.